The van der Waals surface area contributed by atoms with Gasteiger partial charge in [-0.05, 0) is 56.2 Å². The number of anilines is 2. The molecule has 1 aliphatic heterocycles. The van der Waals surface area contributed by atoms with Crippen molar-refractivity contribution >= 4 is 17.4 Å². The van der Waals surface area contributed by atoms with Crippen molar-refractivity contribution in [2.24, 2.45) is 0 Å². The van der Waals surface area contributed by atoms with Crippen LogP contribution in [-0.2, 0) is 4.79 Å². The molecule has 8 heteroatoms. The minimum absolute atomic E-state index is 0.0986. The first-order chi connectivity index (χ1) is 14.6. The van der Waals surface area contributed by atoms with Gasteiger partial charge in [-0.1, -0.05) is 0 Å². The molecule has 0 unspecified atom stereocenters. The van der Waals surface area contributed by atoms with Crippen LogP contribution in [0.5, 0.6) is 5.75 Å². The summed E-state index contributed by atoms with van der Waals surface area (Å²) in [5, 5.41) is 3.23. The fraction of sp³-hybridized carbons (Fsp3) is 0.273. The molecule has 3 aromatic rings. The maximum atomic E-state index is 13.0. The second-order valence-electron chi connectivity index (χ2n) is 7.13. The average molecular weight is 407 g/mol. The molecule has 0 spiro atoms. The number of hydrogen-bond donors (Lipinski definition) is 1. The van der Waals surface area contributed by atoms with Crippen molar-refractivity contribution < 1.29 is 13.9 Å². The number of aryl methyl sites for hydroxylation is 1. The van der Waals surface area contributed by atoms with Crippen LogP contribution in [0.15, 0.2) is 55.0 Å². The number of nitrogens with one attached hydrogen (secondary N) is 1. The smallest absolute Gasteiger partial charge is 0.261 e. The molecular formula is C22H22FN5O2. The van der Waals surface area contributed by atoms with Gasteiger partial charge in [0.15, 0.2) is 6.61 Å². The summed E-state index contributed by atoms with van der Waals surface area (Å²) in [7, 11) is 0. The maximum absolute atomic E-state index is 13.0. The SMILES string of the molecule is Cc1cc(Nc2cnccn2)cc([C@@H]2CCCN2C(=O)COc2ccc(F)cc2)n1. The number of carbonyl (C=O) groups excluding carboxylic acids is 1. The van der Waals surface area contributed by atoms with Gasteiger partial charge >= 0.3 is 0 Å². The fourth-order valence-electron chi connectivity index (χ4n) is 3.58. The molecule has 1 N–H and O–H groups in total. The number of ether oxygens (including phenoxy) is 1. The number of hydrogen-bond acceptors (Lipinski definition) is 6. The number of pyridine rings is 1. The van der Waals surface area contributed by atoms with Crippen LogP contribution in [0.2, 0.25) is 0 Å². The molecule has 0 aliphatic carbocycles. The Bertz CT molecular complexity index is 1010. The number of carbonyl (C=O) groups is 1. The van der Waals surface area contributed by atoms with E-state index >= 15 is 0 Å². The summed E-state index contributed by atoms with van der Waals surface area (Å²) in [4.78, 5) is 27.6. The lowest BCUT2D eigenvalue weighted by Gasteiger charge is -2.25. The molecular weight excluding hydrogens is 385 g/mol. The fourth-order valence-corrected chi connectivity index (χ4v) is 3.58. The highest BCUT2D eigenvalue weighted by molar-refractivity contribution is 5.78. The van der Waals surface area contributed by atoms with Crippen LogP contribution in [0.4, 0.5) is 15.9 Å². The van der Waals surface area contributed by atoms with Crippen LogP contribution >= 0.6 is 0 Å². The number of nitrogens with zero attached hydrogens (tertiary/aromatic N) is 4. The van der Waals surface area contributed by atoms with E-state index in [0.29, 0.717) is 18.1 Å². The average Bonchev–Trinajstić information content (AvgIpc) is 3.24. The first-order valence-electron chi connectivity index (χ1n) is 9.78. The van der Waals surface area contributed by atoms with Gasteiger partial charge in [0, 0.05) is 30.3 Å². The maximum Gasteiger partial charge on any atom is 0.261 e. The highest BCUT2D eigenvalue weighted by Crippen LogP contribution is 2.32. The van der Waals surface area contributed by atoms with E-state index in [0.717, 1.165) is 29.9 Å². The summed E-state index contributed by atoms with van der Waals surface area (Å²) in [6.45, 7) is 2.47. The first kappa shape index (κ1) is 19.8. The number of benzene rings is 1. The van der Waals surface area contributed by atoms with Crippen molar-refractivity contribution in [1.29, 1.82) is 0 Å². The number of halogens is 1. The quantitative estimate of drug-likeness (QED) is 0.669. The lowest BCUT2D eigenvalue weighted by atomic mass is 10.1. The van der Waals surface area contributed by atoms with E-state index in [4.69, 9.17) is 4.74 Å². The second kappa shape index (κ2) is 8.86. The molecule has 1 aromatic carbocycles. The molecule has 4 rings (SSSR count). The van der Waals surface area contributed by atoms with Crippen molar-refractivity contribution in [2.45, 2.75) is 25.8 Å². The minimum Gasteiger partial charge on any atom is -0.484 e. The van der Waals surface area contributed by atoms with Crippen molar-refractivity contribution in [3.63, 3.8) is 0 Å². The summed E-state index contributed by atoms with van der Waals surface area (Å²) in [5.74, 6) is 0.643. The number of aromatic nitrogens is 3. The van der Waals surface area contributed by atoms with Crippen molar-refractivity contribution in [2.75, 3.05) is 18.5 Å². The Morgan fingerprint density at radius 2 is 2.10 bits per heavy atom. The van der Waals surface area contributed by atoms with Crippen molar-refractivity contribution in [3.05, 3.63) is 72.2 Å². The van der Waals surface area contributed by atoms with Gasteiger partial charge < -0.3 is 15.0 Å². The Morgan fingerprint density at radius 1 is 1.27 bits per heavy atom. The van der Waals surface area contributed by atoms with E-state index in [1.807, 2.05) is 19.1 Å². The van der Waals surface area contributed by atoms with Gasteiger partial charge in [-0.25, -0.2) is 9.37 Å². The molecule has 0 saturated carbocycles. The molecule has 0 radical (unpaired) electrons. The number of rotatable bonds is 6. The van der Waals surface area contributed by atoms with E-state index in [9.17, 15) is 9.18 Å². The van der Waals surface area contributed by atoms with Crippen LogP contribution < -0.4 is 10.1 Å². The highest BCUT2D eigenvalue weighted by atomic mass is 19.1. The zero-order valence-corrected chi connectivity index (χ0v) is 16.6. The van der Waals surface area contributed by atoms with Gasteiger partial charge in [0.1, 0.15) is 17.4 Å². The summed E-state index contributed by atoms with van der Waals surface area (Å²) in [6.07, 6.45) is 6.62. The normalized spacial score (nSPS) is 15.8. The van der Waals surface area contributed by atoms with Crippen LogP contribution in [0.1, 0.15) is 30.3 Å². The molecule has 1 amide bonds. The van der Waals surface area contributed by atoms with E-state index in [2.05, 4.69) is 20.3 Å². The monoisotopic (exact) mass is 407 g/mol. The second-order valence-corrected chi connectivity index (χ2v) is 7.13. The predicted octanol–water partition coefficient (Wildman–Crippen LogP) is 3.81. The highest BCUT2D eigenvalue weighted by Gasteiger charge is 2.31. The van der Waals surface area contributed by atoms with Crippen molar-refractivity contribution in [1.82, 2.24) is 19.9 Å². The van der Waals surface area contributed by atoms with E-state index in [1.54, 1.807) is 23.5 Å². The number of likely N-dealkylation sites (tertiary alicyclic amines) is 1. The molecule has 30 heavy (non-hydrogen) atoms. The van der Waals surface area contributed by atoms with Crippen LogP contribution in [0.3, 0.4) is 0 Å². The molecule has 2 aromatic heterocycles. The molecule has 1 saturated heterocycles. The minimum atomic E-state index is -0.343. The third-order valence-corrected chi connectivity index (χ3v) is 4.90. The van der Waals surface area contributed by atoms with Gasteiger partial charge in [0.05, 0.1) is 17.9 Å². The van der Waals surface area contributed by atoms with Gasteiger partial charge in [0.2, 0.25) is 0 Å². The summed E-state index contributed by atoms with van der Waals surface area (Å²) in [6, 6.07) is 9.39. The largest absolute Gasteiger partial charge is 0.484 e. The topological polar surface area (TPSA) is 80.2 Å². The van der Waals surface area contributed by atoms with E-state index in [-0.39, 0.29) is 24.4 Å². The summed E-state index contributed by atoms with van der Waals surface area (Å²) < 4.78 is 18.6. The zero-order valence-electron chi connectivity index (χ0n) is 16.6. The Kier molecular flexibility index (Phi) is 5.83. The van der Waals surface area contributed by atoms with E-state index < -0.39 is 0 Å². The molecule has 7 nitrogen and oxygen atoms in total. The Hall–Kier alpha value is -3.55. The molecule has 0 bridgehead atoms. The molecule has 1 aliphatic rings. The molecule has 3 heterocycles. The lowest BCUT2D eigenvalue weighted by molar-refractivity contribution is -0.134. The Labute approximate surface area is 174 Å². The zero-order chi connectivity index (χ0) is 20.9. The molecule has 1 fully saturated rings. The van der Waals surface area contributed by atoms with E-state index in [1.165, 1.54) is 24.3 Å². The lowest BCUT2D eigenvalue weighted by Crippen LogP contribution is -2.34. The number of amides is 1. The Balaban J connectivity index is 1.47. The van der Waals surface area contributed by atoms with Gasteiger partial charge in [-0.15, -0.1) is 0 Å². The first-order valence-corrected chi connectivity index (χ1v) is 9.78. The van der Waals surface area contributed by atoms with Gasteiger partial charge in [0.25, 0.3) is 5.91 Å². The van der Waals surface area contributed by atoms with Gasteiger partial charge in [-0.3, -0.25) is 14.8 Å². The van der Waals surface area contributed by atoms with Crippen LogP contribution in [0, 0.1) is 12.7 Å². The van der Waals surface area contributed by atoms with Gasteiger partial charge in [-0.2, -0.15) is 0 Å². The standard InChI is InChI=1S/C22H22FN5O2/c1-15-11-17(27-21-13-24-8-9-25-21)12-19(26-15)20-3-2-10-28(20)22(29)14-30-18-6-4-16(23)5-7-18/h4-9,11-13,20H,2-3,10,14H2,1H3,(H,25,26,27)/t20-/m0/s1. The molecule has 1 atom stereocenters. The summed E-state index contributed by atoms with van der Waals surface area (Å²) in [5.41, 5.74) is 2.52. The van der Waals surface area contributed by atoms with Crippen LogP contribution in [-0.4, -0.2) is 38.9 Å². The summed E-state index contributed by atoms with van der Waals surface area (Å²) >= 11 is 0. The third kappa shape index (κ3) is 4.71. The van der Waals surface area contributed by atoms with Crippen molar-refractivity contribution in [3.8, 4) is 5.75 Å². The Morgan fingerprint density at radius 3 is 2.87 bits per heavy atom. The third-order valence-electron chi connectivity index (χ3n) is 4.90. The van der Waals surface area contributed by atoms with Crippen LogP contribution in [0.25, 0.3) is 0 Å². The predicted molar refractivity (Wildman–Crippen MR) is 110 cm³/mol. The molecule has 154 valence electrons.